The van der Waals surface area contributed by atoms with E-state index in [-0.39, 0.29) is 0 Å². The highest BCUT2D eigenvalue weighted by Crippen LogP contribution is 2.23. The lowest BCUT2D eigenvalue weighted by molar-refractivity contribution is -0.0640. The summed E-state index contributed by atoms with van der Waals surface area (Å²) in [6.07, 6.45) is 0. The molecule has 0 aliphatic carbocycles. The molecule has 0 saturated carbocycles. The summed E-state index contributed by atoms with van der Waals surface area (Å²) in [5, 5.41) is 0. The Morgan fingerprint density at radius 3 is 2.79 bits per heavy atom. The van der Waals surface area contributed by atoms with E-state index in [1.54, 1.807) is 18.2 Å². The number of nitrogens with zero attached hydrogens (tertiary/aromatic N) is 1. The topological polar surface area (TPSA) is 72.6 Å². The summed E-state index contributed by atoms with van der Waals surface area (Å²) in [6, 6.07) is 6.79. The van der Waals surface area contributed by atoms with Crippen molar-refractivity contribution in [3.63, 3.8) is 0 Å². The summed E-state index contributed by atoms with van der Waals surface area (Å²) < 4.78 is 32.2. The average molecular weight is 284 g/mol. The Labute approximate surface area is 114 Å². The second kappa shape index (κ2) is 5.20. The largest absolute Gasteiger partial charge is 0.373 e. The Morgan fingerprint density at radius 2 is 2.16 bits per heavy atom. The third kappa shape index (κ3) is 3.14. The molecule has 0 radical (unpaired) electrons. The molecule has 1 heterocycles. The maximum absolute atomic E-state index is 12.6. The lowest BCUT2D eigenvalue weighted by Crippen LogP contribution is -2.50. The van der Waals surface area contributed by atoms with Crippen molar-refractivity contribution in [3.8, 4) is 0 Å². The van der Waals surface area contributed by atoms with Crippen LogP contribution in [-0.2, 0) is 21.3 Å². The SMILES string of the molecule is CC1(C)CN(S(=O)(=O)c2cccc(CN)c2)CCO1. The van der Waals surface area contributed by atoms with Gasteiger partial charge in [0, 0.05) is 19.6 Å². The molecule has 0 atom stereocenters. The third-order valence-corrected chi connectivity index (χ3v) is 5.00. The first-order valence-corrected chi connectivity index (χ1v) is 7.72. The van der Waals surface area contributed by atoms with Crippen LogP contribution < -0.4 is 5.73 Å². The van der Waals surface area contributed by atoms with E-state index in [9.17, 15) is 8.42 Å². The van der Waals surface area contributed by atoms with Crippen LogP contribution in [0.15, 0.2) is 29.2 Å². The van der Waals surface area contributed by atoms with E-state index in [0.29, 0.717) is 31.1 Å². The highest BCUT2D eigenvalue weighted by Gasteiger charge is 2.34. The van der Waals surface area contributed by atoms with Crippen molar-refractivity contribution in [3.05, 3.63) is 29.8 Å². The van der Waals surface area contributed by atoms with Gasteiger partial charge in [-0.25, -0.2) is 8.42 Å². The lowest BCUT2D eigenvalue weighted by Gasteiger charge is -2.37. The average Bonchev–Trinajstić information content (AvgIpc) is 2.37. The fourth-order valence-electron chi connectivity index (χ4n) is 2.16. The van der Waals surface area contributed by atoms with Crippen molar-refractivity contribution in [2.45, 2.75) is 30.9 Å². The van der Waals surface area contributed by atoms with Crippen molar-refractivity contribution in [1.82, 2.24) is 4.31 Å². The van der Waals surface area contributed by atoms with Gasteiger partial charge in [0.05, 0.1) is 17.1 Å². The van der Waals surface area contributed by atoms with E-state index in [4.69, 9.17) is 10.5 Å². The first-order valence-electron chi connectivity index (χ1n) is 6.28. The van der Waals surface area contributed by atoms with Crippen LogP contribution in [0.4, 0.5) is 0 Å². The van der Waals surface area contributed by atoms with Crippen molar-refractivity contribution in [1.29, 1.82) is 0 Å². The van der Waals surface area contributed by atoms with Crippen molar-refractivity contribution in [2.24, 2.45) is 5.73 Å². The van der Waals surface area contributed by atoms with Crippen molar-refractivity contribution in [2.75, 3.05) is 19.7 Å². The van der Waals surface area contributed by atoms with Gasteiger partial charge in [-0.1, -0.05) is 12.1 Å². The normalized spacial score (nSPS) is 20.4. The molecule has 106 valence electrons. The second-order valence-electron chi connectivity index (χ2n) is 5.30. The monoisotopic (exact) mass is 284 g/mol. The minimum Gasteiger partial charge on any atom is -0.373 e. The number of rotatable bonds is 3. The molecule has 5 nitrogen and oxygen atoms in total. The molecule has 0 aromatic heterocycles. The molecule has 2 N–H and O–H groups in total. The molecule has 1 aliphatic rings. The van der Waals surface area contributed by atoms with E-state index in [2.05, 4.69) is 0 Å². The minimum atomic E-state index is -3.47. The standard InChI is InChI=1S/C13H20N2O3S/c1-13(2)10-15(6-7-18-13)19(16,17)12-5-3-4-11(8-12)9-14/h3-5,8H,6-7,9-10,14H2,1-2H3. The maximum atomic E-state index is 12.6. The van der Waals surface area contributed by atoms with Gasteiger partial charge in [0.15, 0.2) is 0 Å². The molecule has 2 rings (SSSR count). The van der Waals surface area contributed by atoms with Crippen LogP contribution in [0.1, 0.15) is 19.4 Å². The van der Waals surface area contributed by atoms with Crippen LogP contribution >= 0.6 is 0 Å². The molecule has 19 heavy (non-hydrogen) atoms. The number of benzene rings is 1. The van der Waals surface area contributed by atoms with E-state index in [1.807, 2.05) is 19.9 Å². The zero-order chi connectivity index (χ0) is 14.1. The van der Waals surface area contributed by atoms with Gasteiger partial charge < -0.3 is 10.5 Å². The van der Waals surface area contributed by atoms with Crippen LogP contribution in [0.5, 0.6) is 0 Å². The van der Waals surface area contributed by atoms with Gasteiger partial charge in [-0.3, -0.25) is 0 Å². The van der Waals surface area contributed by atoms with Crippen LogP contribution in [0.2, 0.25) is 0 Å². The molecule has 1 saturated heterocycles. The third-order valence-electron chi connectivity index (χ3n) is 3.16. The number of nitrogens with two attached hydrogens (primary N) is 1. The first-order chi connectivity index (χ1) is 8.85. The maximum Gasteiger partial charge on any atom is 0.243 e. The summed E-state index contributed by atoms with van der Waals surface area (Å²) in [5.41, 5.74) is 5.92. The summed E-state index contributed by atoms with van der Waals surface area (Å²) >= 11 is 0. The Morgan fingerprint density at radius 1 is 1.42 bits per heavy atom. The Hall–Kier alpha value is -0.950. The molecule has 1 aromatic rings. The van der Waals surface area contributed by atoms with Crippen LogP contribution in [-0.4, -0.2) is 38.0 Å². The quantitative estimate of drug-likeness (QED) is 0.896. The second-order valence-corrected chi connectivity index (χ2v) is 7.24. The molecule has 0 spiro atoms. The predicted octanol–water partition coefficient (Wildman–Crippen LogP) is 0.945. The van der Waals surface area contributed by atoms with Crippen molar-refractivity contribution >= 4 is 10.0 Å². The van der Waals surface area contributed by atoms with Gasteiger partial charge in [0.1, 0.15) is 0 Å². The molecule has 0 bridgehead atoms. The van der Waals surface area contributed by atoms with E-state index >= 15 is 0 Å². The summed E-state index contributed by atoms with van der Waals surface area (Å²) in [6.45, 7) is 5.29. The molecule has 6 heteroatoms. The Kier molecular flexibility index (Phi) is 3.96. The summed E-state index contributed by atoms with van der Waals surface area (Å²) in [7, 11) is -3.47. The molecule has 1 aromatic carbocycles. The highest BCUT2D eigenvalue weighted by molar-refractivity contribution is 7.89. The van der Waals surface area contributed by atoms with Crippen LogP contribution in [0.25, 0.3) is 0 Å². The molecular formula is C13H20N2O3S. The fourth-order valence-corrected chi connectivity index (χ4v) is 3.81. The highest BCUT2D eigenvalue weighted by atomic mass is 32.2. The van der Waals surface area contributed by atoms with Gasteiger partial charge in [-0.15, -0.1) is 0 Å². The number of morpholine rings is 1. The van der Waals surface area contributed by atoms with E-state index in [1.165, 1.54) is 4.31 Å². The summed E-state index contributed by atoms with van der Waals surface area (Å²) in [5.74, 6) is 0. The number of hydrogen-bond acceptors (Lipinski definition) is 4. The molecule has 1 fully saturated rings. The molecular weight excluding hydrogens is 264 g/mol. The van der Waals surface area contributed by atoms with Gasteiger partial charge in [0.25, 0.3) is 0 Å². The Bertz CT molecular complexity index is 555. The predicted molar refractivity (Wildman–Crippen MR) is 73.1 cm³/mol. The number of sulfonamides is 1. The van der Waals surface area contributed by atoms with Gasteiger partial charge in [-0.05, 0) is 31.5 Å². The minimum absolute atomic E-state index is 0.299. The van der Waals surface area contributed by atoms with Gasteiger partial charge >= 0.3 is 0 Å². The van der Waals surface area contributed by atoms with Crippen molar-refractivity contribution < 1.29 is 13.2 Å². The molecule has 0 amide bonds. The zero-order valence-electron chi connectivity index (χ0n) is 11.3. The summed E-state index contributed by atoms with van der Waals surface area (Å²) in [4.78, 5) is 0.299. The van der Waals surface area contributed by atoms with E-state index < -0.39 is 15.6 Å². The first kappa shape index (κ1) is 14.5. The van der Waals surface area contributed by atoms with Gasteiger partial charge in [-0.2, -0.15) is 4.31 Å². The lowest BCUT2D eigenvalue weighted by atomic mass is 10.1. The van der Waals surface area contributed by atoms with Gasteiger partial charge in [0.2, 0.25) is 10.0 Å². The van der Waals surface area contributed by atoms with Crippen LogP contribution in [0.3, 0.4) is 0 Å². The van der Waals surface area contributed by atoms with E-state index in [0.717, 1.165) is 5.56 Å². The number of ether oxygens (including phenoxy) is 1. The molecule has 1 aliphatic heterocycles. The Balaban J connectivity index is 2.31. The fraction of sp³-hybridized carbons (Fsp3) is 0.538. The zero-order valence-corrected chi connectivity index (χ0v) is 12.1. The smallest absolute Gasteiger partial charge is 0.243 e. The van der Waals surface area contributed by atoms with Crippen LogP contribution in [0, 0.1) is 0 Å². The molecule has 0 unspecified atom stereocenters. The number of hydrogen-bond donors (Lipinski definition) is 1.